The fourth-order valence-corrected chi connectivity index (χ4v) is 2.32. The summed E-state index contributed by atoms with van der Waals surface area (Å²) >= 11 is 5.84. The number of hydrogen-bond acceptors (Lipinski definition) is 4. The molecule has 1 aliphatic heterocycles. The second kappa shape index (κ2) is 3.67. The number of hydrogen-bond donors (Lipinski definition) is 1. The zero-order chi connectivity index (χ0) is 9.26. The first-order valence-corrected chi connectivity index (χ1v) is 5.54. The SMILES string of the molecule is O=C1CC(S)CN1Cc1cscn1. The van der Waals surface area contributed by atoms with Crippen molar-refractivity contribution in [2.45, 2.75) is 18.2 Å². The summed E-state index contributed by atoms with van der Waals surface area (Å²) in [6.07, 6.45) is 0.563. The Balaban J connectivity index is 1.99. The van der Waals surface area contributed by atoms with Gasteiger partial charge in [-0.05, 0) is 0 Å². The molecule has 1 aromatic heterocycles. The fourth-order valence-electron chi connectivity index (χ4n) is 1.42. The van der Waals surface area contributed by atoms with E-state index in [0.29, 0.717) is 13.0 Å². The second-order valence-electron chi connectivity index (χ2n) is 3.11. The number of nitrogens with zero attached hydrogens (tertiary/aromatic N) is 2. The third-order valence-corrected chi connectivity index (χ3v) is 3.01. The Bertz CT molecular complexity index is 299. The number of carbonyl (C=O) groups excluding carboxylic acids is 1. The van der Waals surface area contributed by atoms with E-state index in [1.165, 1.54) is 0 Å². The standard InChI is InChI=1S/C8H10N2OS2/c11-8-1-7(12)3-10(8)2-6-4-13-5-9-6/h4-5,7,12H,1-3H2. The highest BCUT2D eigenvalue weighted by molar-refractivity contribution is 7.81. The van der Waals surface area contributed by atoms with Crippen molar-refractivity contribution in [2.24, 2.45) is 0 Å². The monoisotopic (exact) mass is 214 g/mol. The van der Waals surface area contributed by atoms with Crippen LogP contribution in [-0.4, -0.2) is 27.6 Å². The van der Waals surface area contributed by atoms with Crippen molar-refractivity contribution in [3.8, 4) is 0 Å². The van der Waals surface area contributed by atoms with E-state index in [2.05, 4.69) is 17.6 Å². The lowest BCUT2D eigenvalue weighted by Gasteiger charge is -2.13. The van der Waals surface area contributed by atoms with Gasteiger partial charge >= 0.3 is 0 Å². The van der Waals surface area contributed by atoms with Gasteiger partial charge in [-0.1, -0.05) is 0 Å². The summed E-state index contributed by atoms with van der Waals surface area (Å²) in [5.41, 5.74) is 2.76. The van der Waals surface area contributed by atoms with Gasteiger partial charge in [-0.2, -0.15) is 12.6 Å². The Morgan fingerprint density at radius 3 is 3.15 bits per heavy atom. The summed E-state index contributed by atoms with van der Waals surface area (Å²) in [4.78, 5) is 17.3. The molecule has 1 atom stereocenters. The van der Waals surface area contributed by atoms with Gasteiger partial charge in [-0.15, -0.1) is 11.3 Å². The first kappa shape index (κ1) is 9.02. The smallest absolute Gasteiger partial charge is 0.224 e. The first-order chi connectivity index (χ1) is 6.25. The number of rotatable bonds is 2. The zero-order valence-corrected chi connectivity index (χ0v) is 8.72. The molecule has 0 aromatic carbocycles. The second-order valence-corrected chi connectivity index (χ2v) is 4.56. The van der Waals surface area contributed by atoms with Crippen LogP contribution in [0.5, 0.6) is 0 Å². The average Bonchev–Trinajstić information content (AvgIpc) is 2.63. The van der Waals surface area contributed by atoms with Gasteiger partial charge in [0, 0.05) is 23.6 Å². The summed E-state index contributed by atoms with van der Waals surface area (Å²) in [6, 6.07) is 0. The van der Waals surface area contributed by atoms with E-state index in [0.717, 1.165) is 12.2 Å². The van der Waals surface area contributed by atoms with E-state index in [4.69, 9.17) is 0 Å². The van der Waals surface area contributed by atoms with Gasteiger partial charge in [0.15, 0.2) is 0 Å². The molecule has 0 spiro atoms. The van der Waals surface area contributed by atoms with Gasteiger partial charge in [0.25, 0.3) is 0 Å². The molecule has 2 rings (SSSR count). The topological polar surface area (TPSA) is 33.2 Å². The first-order valence-electron chi connectivity index (χ1n) is 4.08. The maximum atomic E-state index is 11.4. The summed E-state index contributed by atoms with van der Waals surface area (Å²) in [7, 11) is 0. The lowest BCUT2D eigenvalue weighted by molar-refractivity contribution is -0.128. The van der Waals surface area contributed by atoms with E-state index in [1.54, 1.807) is 16.8 Å². The van der Waals surface area contributed by atoms with Crippen molar-refractivity contribution in [3.63, 3.8) is 0 Å². The molecule has 0 radical (unpaired) electrons. The van der Waals surface area contributed by atoms with Crippen LogP contribution in [0.1, 0.15) is 12.1 Å². The van der Waals surface area contributed by atoms with Crippen molar-refractivity contribution >= 4 is 29.9 Å². The van der Waals surface area contributed by atoms with Gasteiger partial charge in [0.2, 0.25) is 5.91 Å². The van der Waals surface area contributed by atoms with Crippen LogP contribution in [0, 0.1) is 0 Å². The predicted molar refractivity (Wildman–Crippen MR) is 54.9 cm³/mol. The third kappa shape index (κ3) is 2.03. The Labute approximate surface area is 86.2 Å². The van der Waals surface area contributed by atoms with E-state index in [1.807, 2.05) is 10.3 Å². The quantitative estimate of drug-likeness (QED) is 0.750. The maximum absolute atomic E-state index is 11.4. The molecule has 2 heterocycles. The number of thiol groups is 1. The normalized spacial score (nSPS) is 22.7. The predicted octanol–water partition coefficient (Wildman–Crippen LogP) is 1.17. The fraction of sp³-hybridized carbons (Fsp3) is 0.500. The van der Waals surface area contributed by atoms with Gasteiger partial charge in [-0.3, -0.25) is 4.79 Å². The van der Waals surface area contributed by atoms with Crippen molar-refractivity contribution < 1.29 is 4.79 Å². The largest absolute Gasteiger partial charge is 0.336 e. The minimum atomic E-state index is 0.188. The lowest BCUT2D eigenvalue weighted by atomic mass is 10.4. The molecule has 1 amide bonds. The Hall–Kier alpha value is -0.550. The highest BCUT2D eigenvalue weighted by Gasteiger charge is 2.27. The average molecular weight is 214 g/mol. The van der Waals surface area contributed by atoms with E-state index in [-0.39, 0.29) is 11.2 Å². The van der Waals surface area contributed by atoms with Crippen LogP contribution >= 0.6 is 24.0 Å². The van der Waals surface area contributed by atoms with Gasteiger partial charge in [-0.25, -0.2) is 4.98 Å². The van der Waals surface area contributed by atoms with Crippen LogP contribution in [0.2, 0.25) is 0 Å². The zero-order valence-electron chi connectivity index (χ0n) is 7.01. The summed E-state index contributed by atoms with van der Waals surface area (Å²) in [5.74, 6) is 0.188. The van der Waals surface area contributed by atoms with E-state index >= 15 is 0 Å². The van der Waals surface area contributed by atoms with Crippen molar-refractivity contribution in [1.82, 2.24) is 9.88 Å². The molecule has 5 heteroatoms. The van der Waals surface area contributed by atoms with Gasteiger partial charge in [0.05, 0.1) is 17.7 Å². The maximum Gasteiger partial charge on any atom is 0.224 e. The van der Waals surface area contributed by atoms with Crippen LogP contribution in [0.4, 0.5) is 0 Å². The number of thiazole rings is 1. The number of carbonyl (C=O) groups is 1. The molecule has 1 aromatic rings. The van der Waals surface area contributed by atoms with Crippen LogP contribution < -0.4 is 0 Å². The molecule has 0 bridgehead atoms. The van der Waals surface area contributed by atoms with Crippen molar-refractivity contribution in [1.29, 1.82) is 0 Å². The van der Waals surface area contributed by atoms with Crippen LogP contribution in [-0.2, 0) is 11.3 Å². The molecule has 0 saturated carbocycles. The highest BCUT2D eigenvalue weighted by atomic mass is 32.1. The lowest BCUT2D eigenvalue weighted by Crippen LogP contribution is -2.24. The molecule has 1 aliphatic rings. The van der Waals surface area contributed by atoms with Crippen molar-refractivity contribution in [3.05, 3.63) is 16.6 Å². The molecular formula is C8H10N2OS2. The summed E-state index contributed by atoms with van der Waals surface area (Å²) in [5, 5.41) is 2.17. The van der Waals surface area contributed by atoms with Gasteiger partial charge in [0.1, 0.15) is 0 Å². The molecule has 0 N–H and O–H groups in total. The Morgan fingerprint density at radius 2 is 2.62 bits per heavy atom. The summed E-state index contributed by atoms with van der Waals surface area (Å²) < 4.78 is 0. The molecule has 1 saturated heterocycles. The van der Waals surface area contributed by atoms with Crippen LogP contribution in [0.3, 0.4) is 0 Å². The Kier molecular flexibility index (Phi) is 2.55. The Morgan fingerprint density at radius 1 is 1.77 bits per heavy atom. The van der Waals surface area contributed by atoms with E-state index in [9.17, 15) is 4.79 Å². The molecule has 0 aliphatic carbocycles. The molecule has 3 nitrogen and oxygen atoms in total. The summed E-state index contributed by atoms with van der Waals surface area (Å²) in [6.45, 7) is 1.39. The minimum Gasteiger partial charge on any atom is -0.336 e. The molecule has 1 fully saturated rings. The van der Waals surface area contributed by atoms with Crippen LogP contribution in [0.15, 0.2) is 10.9 Å². The minimum absolute atomic E-state index is 0.188. The molecule has 1 unspecified atom stereocenters. The van der Waals surface area contributed by atoms with Crippen molar-refractivity contribution in [2.75, 3.05) is 6.54 Å². The number of likely N-dealkylation sites (tertiary alicyclic amines) is 1. The third-order valence-electron chi connectivity index (χ3n) is 2.03. The van der Waals surface area contributed by atoms with E-state index < -0.39 is 0 Å². The van der Waals surface area contributed by atoms with Crippen LogP contribution in [0.25, 0.3) is 0 Å². The highest BCUT2D eigenvalue weighted by Crippen LogP contribution is 2.18. The number of amides is 1. The van der Waals surface area contributed by atoms with Gasteiger partial charge < -0.3 is 4.90 Å². The molecule has 13 heavy (non-hydrogen) atoms. The molecular weight excluding hydrogens is 204 g/mol. The molecule has 70 valence electrons. The number of aromatic nitrogens is 1.